The molecule has 0 saturated carbocycles. The molecule has 0 aromatic heterocycles. The van der Waals surface area contributed by atoms with Crippen LogP contribution in [0.15, 0.2) is 29.3 Å². The van der Waals surface area contributed by atoms with E-state index >= 15 is 0 Å². The van der Waals surface area contributed by atoms with Crippen LogP contribution in [0, 0.1) is 0 Å². The van der Waals surface area contributed by atoms with Crippen molar-refractivity contribution in [2.75, 3.05) is 33.9 Å². The van der Waals surface area contributed by atoms with E-state index in [2.05, 4.69) is 27.8 Å². The smallest absolute Gasteiger partial charge is 0.191 e. The van der Waals surface area contributed by atoms with Crippen LogP contribution in [-0.2, 0) is 22.6 Å². The quantitative estimate of drug-likeness (QED) is 0.430. The zero-order valence-corrected chi connectivity index (χ0v) is 12.6. The lowest BCUT2D eigenvalue weighted by Gasteiger charge is -2.14. The number of rotatable bonds is 8. The average Bonchev–Trinajstić information content (AvgIpc) is 2.48. The molecular weight excluding hydrogens is 254 g/mol. The number of hydrogen-bond acceptors (Lipinski definition) is 3. The van der Waals surface area contributed by atoms with Gasteiger partial charge in [0.25, 0.3) is 0 Å². The summed E-state index contributed by atoms with van der Waals surface area (Å²) < 4.78 is 10.5. The Kier molecular flexibility index (Phi) is 8.42. The summed E-state index contributed by atoms with van der Waals surface area (Å²) in [6.45, 7) is 5.48. The van der Waals surface area contributed by atoms with Gasteiger partial charge in [0.1, 0.15) is 0 Å². The molecule has 0 aliphatic heterocycles. The van der Waals surface area contributed by atoms with E-state index in [0.717, 1.165) is 19.1 Å². The highest BCUT2D eigenvalue weighted by atomic mass is 16.5. The Hall–Kier alpha value is -1.59. The zero-order valence-electron chi connectivity index (χ0n) is 12.6. The standard InChI is InChI=1S/C15H25N3O2/c1-4-20-10-9-17-15(16-2)18-11-13-7-5-6-8-14(13)12-19-3/h5-8H,4,9-12H2,1-3H3,(H2,16,17,18). The SMILES string of the molecule is CCOCCNC(=NC)NCc1ccccc1COC. The second-order valence-corrected chi connectivity index (χ2v) is 4.25. The summed E-state index contributed by atoms with van der Waals surface area (Å²) in [5.41, 5.74) is 2.40. The molecule has 0 unspecified atom stereocenters. The number of aliphatic imine (C=N–C) groups is 1. The zero-order chi connectivity index (χ0) is 14.6. The molecule has 0 bridgehead atoms. The van der Waals surface area contributed by atoms with Crippen molar-refractivity contribution in [3.63, 3.8) is 0 Å². The van der Waals surface area contributed by atoms with Gasteiger partial charge in [0.2, 0.25) is 0 Å². The van der Waals surface area contributed by atoms with Crippen LogP contribution in [0.4, 0.5) is 0 Å². The van der Waals surface area contributed by atoms with Crippen LogP contribution in [-0.4, -0.2) is 39.9 Å². The number of methoxy groups -OCH3 is 1. The molecule has 0 heterocycles. The normalized spacial score (nSPS) is 11.4. The van der Waals surface area contributed by atoms with Gasteiger partial charge in [-0.1, -0.05) is 24.3 Å². The van der Waals surface area contributed by atoms with Crippen LogP contribution in [0.3, 0.4) is 0 Å². The van der Waals surface area contributed by atoms with Crippen LogP contribution in [0.5, 0.6) is 0 Å². The fraction of sp³-hybridized carbons (Fsp3) is 0.533. The van der Waals surface area contributed by atoms with Crippen molar-refractivity contribution in [1.29, 1.82) is 0 Å². The van der Waals surface area contributed by atoms with Crippen molar-refractivity contribution in [2.24, 2.45) is 4.99 Å². The summed E-state index contributed by atoms with van der Waals surface area (Å²) in [5.74, 6) is 0.775. The van der Waals surface area contributed by atoms with Crippen LogP contribution < -0.4 is 10.6 Å². The molecule has 0 spiro atoms. The van der Waals surface area contributed by atoms with Gasteiger partial charge in [-0.15, -0.1) is 0 Å². The van der Waals surface area contributed by atoms with Crippen molar-refractivity contribution >= 4 is 5.96 Å². The minimum absolute atomic E-state index is 0.619. The van der Waals surface area contributed by atoms with Crippen molar-refractivity contribution in [2.45, 2.75) is 20.1 Å². The number of nitrogens with one attached hydrogen (secondary N) is 2. The molecule has 5 heteroatoms. The first-order chi connectivity index (χ1) is 9.81. The Morgan fingerprint density at radius 3 is 2.60 bits per heavy atom. The van der Waals surface area contributed by atoms with E-state index in [1.54, 1.807) is 14.2 Å². The van der Waals surface area contributed by atoms with Crippen LogP contribution >= 0.6 is 0 Å². The fourth-order valence-electron chi connectivity index (χ4n) is 1.81. The minimum Gasteiger partial charge on any atom is -0.380 e. The van der Waals surface area contributed by atoms with Gasteiger partial charge in [-0.05, 0) is 18.1 Å². The molecule has 0 aliphatic rings. The van der Waals surface area contributed by atoms with Crippen molar-refractivity contribution in [3.8, 4) is 0 Å². The maximum absolute atomic E-state index is 5.28. The van der Waals surface area contributed by atoms with Gasteiger partial charge in [-0.3, -0.25) is 4.99 Å². The molecule has 5 nitrogen and oxygen atoms in total. The lowest BCUT2D eigenvalue weighted by atomic mass is 10.1. The number of guanidine groups is 1. The van der Waals surface area contributed by atoms with Crippen molar-refractivity contribution < 1.29 is 9.47 Å². The predicted octanol–water partition coefficient (Wildman–Crippen LogP) is 1.53. The van der Waals surface area contributed by atoms with Crippen molar-refractivity contribution in [1.82, 2.24) is 10.6 Å². The second-order valence-electron chi connectivity index (χ2n) is 4.25. The number of benzene rings is 1. The Morgan fingerprint density at radius 1 is 1.20 bits per heavy atom. The van der Waals surface area contributed by atoms with Crippen LogP contribution in [0.25, 0.3) is 0 Å². The third-order valence-corrected chi connectivity index (χ3v) is 2.83. The van der Waals surface area contributed by atoms with Crippen LogP contribution in [0.2, 0.25) is 0 Å². The molecule has 0 fully saturated rings. The summed E-state index contributed by atoms with van der Waals surface area (Å²) in [7, 11) is 3.47. The van der Waals surface area contributed by atoms with Crippen LogP contribution in [0.1, 0.15) is 18.1 Å². The molecule has 1 aromatic rings. The lowest BCUT2D eigenvalue weighted by Crippen LogP contribution is -2.38. The summed E-state index contributed by atoms with van der Waals surface area (Å²) >= 11 is 0. The van der Waals surface area contributed by atoms with E-state index in [-0.39, 0.29) is 0 Å². The fourth-order valence-corrected chi connectivity index (χ4v) is 1.81. The van der Waals surface area contributed by atoms with E-state index in [0.29, 0.717) is 19.8 Å². The largest absolute Gasteiger partial charge is 0.380 e. The van der Waals surface area contributed by atoms with Gasteiger partial charge in [0.05, 0.1) is 13.2 Å². The molecule has 1 rings (SSSR count). The predicted molar refractivity (Wildman–Crippen MR) is 81.8 cm³/mol. The molecular formula is C15H25N3O2. The maximum atomic E-state index is 5.28. The first-order valence-electron chi connectivity index (χ1n) is 6.89. The van der Waals surface area contributed by atoms with E-state index < -0.39 is 0 Å². The van der Waals surface area contributed by atoms with Gasteiger partial charge in [-0.25, -0.2) is 0 Å². The topological polar surface area (TPSA) is 54.9 Å². The summed E-state index contributed by atoms with van der Waals surface area (Å²) in [4.78, 5) is 4.18. The first kappa shape index (κ1) is 16.5. The highest BCUT2D eigenvalue weighted by Gasteiger charge is 2.02. The van der Waals surface area contributed by atoms with Crippen molar-refractivity contribution in [3.05, 3.63) is 35.4 Å². The molecule has 0 aliphatic carbocycles. The molecule has 1 aromatic carbocycles. The highest BCUT2D eigenvalue weighted by Crippen LogP contribution is 2.09. The van der Waals surface area contributed by atoms with Gasteiger partial charge >= 0.3 is 0 Å². The van der Waals surface area contributed by atoms with Gasteiger partial charge < -0.3 is 20.1 Å². The molecule has 0 amide bonds. The number of hydrogen-bond donors (Lipinski definition) is 2. The number of nitrogens with zero attached hydrogens (tertiary/aromatic N) is 1. The highest BCUT2D eigenvalue weighted by molar-refractivity contribution is 5.79. The molecule has 0 atom stereocenters. The second kappa shape index (κ2) is 10.2. The summed E-state index contributed by atoms with van der Waals surface area (Å²) in [5, 5.41) is 6.50. The summed E-state index contributed by atoms with van der Waals surface area (Å²) in [6.07, 6.45) is 0. The van der Waals surface area contributed by atoms with E-state index in [1.807, 2.05) is 19.1 Å². The van der Waals surface area contributed by atoms with E-state index in [4.69, 9.17) is 9.47 Å². The lowest BCUT2D eigenvalue weighted by molar-refractivity contribution is 0.152. The minimum atomic E-state index is 0.619. The Morgan fingerprint density at radius 2 is 1.95 bits per heavy atom. The Bertz CT molecular complexity index is 408. The van der Waals surface area contributed by atoms with E-state index in [1.165, 1.54) is 11.1 Å². The molecule has 2 N–H and O–H groups in total. The maximum Gasteiger partial charge on any atom is 0.191 e. The number of ether oxygens (including phenoxy) is 2. The van der Waals surface area contributed by atoms with Gasteiger partial charge in [0.15, 0.2) is 5.96 Å². The Balaban J connectivity index is 2.44. The average molecular weight is 279 g/mol. The van der Waals surface area contributed by atoms with E-state index in [9.17, 15) is 0 Å². The monoisotopic (exact) mass is 279 g/mol. The third-order valence-electron chi connectivity index (χ3n) is 2.83. The molecule has 0 radical (unpaired) electrons. The molecule has 20 heavy (non-hydrogen) atoms. The summed E-state index contributed by atoms with van der Waals surface area (Å²) in [6, 6.07) is 8.22. The van der Waals surface area contributed by atoms with Gasteiger partial charge in [0, 0.05) is 33.9 Å². The van der Waals surface area contributed by atoms with Gasteiger partial charge in [-0.2, -0.15) is 0 Å². The Labute approximate surface area is 121 Å². The third kappa shape index (κ3) is 6.04. The molecule has 0 saturated heterocycles. The first-order valence-corrected chi connectivity index (χ1v) is 6.89. The molecule has 112 valence electrons.